The number of nitrogens with one attached hydrogen (secondary N) is 2. The molecule has 0 aliphatic carbocycles. The molecular weight excluding hydrogens is 327 g/mol. The van der Waals surface area contributed by atoms with E-state index in [1.807, 2.05) is 0 Å². The molecule has 1 aliphatic rings. The fourth-order valence-corrected chi connectivity index (χ4v) is 3.34. The first kappa shape index (κ1) is 20.4. The zero-order valence-corrected chi connectivity index (χ0v) is 17.3. The van der Waals surface area contributed by atoms with Crippen molar-refractivity contribution >= 4 is 21.5 Å². The van der Waals surface area contributed by atoms with Gasteiger partial charge < -0.3 is 15.2 Å². The molecule has 0 bridgehead atoms. The Morgan fingerprint density at radius 2 is 1.77 bits per heavy atom. The average molecular weight is 351 g/mol. The van der Waals surface area contributed by atoms with E-state index in [0.717, 1.165) is 12.8 Å². The average Bonchev–Trinajstić information content (AvgIpc) is 2.84. The first-order chi connectivity index (χ1) is 10.0. The van der Waals surface area contributed by atoms with Gasteiger partial charge in [0.1, 0.15) is 10.1 Å². The number of rotatable bonds is 8. The zero-order chi connectivity index (χ0) is 15.3. The Kier molecular flexibility index (Phi) is 8.92. The second kappa shape index (κ2) is 9.61. The molecule has 2 rings (SSSR count). The summed E-state index contributed by atoms with van der Waals surface area (Å²) in [6.07, 6.45) is 8.25. The number of anilines is 2. The van der Waals surface area contributed by atoms with Gasteiger partial charge in [-0.25, -0.2) is 8.42 Å². The molecule has 118 valence electrons. The first-order valence-corrected chi connectivity index (χ1v) is 9.05. The summed E-state index contributed by atoms with van der Waals surface area (Å²) in [7, 11) is -4.44. The molecule has 7 heteroatoms. The molecule has 1 atom stereocenters. The fourth-order valence-electron chi connectivity index (χ4n) is 2.68. The minimum absolute atomic E-state index is 0. The molecule has 1 aromatic rings. The summed E-state index contributed by atoms with van der Waals surface area (Å²) in [6, 6.07) is 4.73. The van der Waals surface area contributed by atoms with Crippen molar-refractivity contribution in [3.05, 3.63) is 18.2 Å². The van der Waals surface area contributed by atoms with Crippen LogP contribution in [0.1, 0.15) is 51.9 Å². The van der Waals surface area contributed by atoms with Crippen LogP contribution in [0.2, 0.25) is 0 Å². The van der Waals surface area contributed by atoms with Crippen molar-refractivity contribution in [2.45, 2.75) is 62.9 Å². The third kappa shape index (κ3) is 5.78. The van der Waals surface area contributed by atoms with Gasteiger partial charge in [0.15, 0.2) is 0 Å². The van der Waals surface area contributed by atoms with Gasteiger partial charge in [0.2, 0.25) is 0 Å². The van der Waals surface area contributed by atoms with Gasteiger partial charge in [-0.1, -0.05) is 45.1 Å². The van der Waals surface area contributed by atoms with Gasteiger partial charge in [-0.3, -0.25) is 0 Å². The molecule has 0 aromatic heterocycles. The van der Waals surface area contributed by atoms with Crippen LogP contribution < -0.4 is 62.0 Å². The molecule has 1 unspecified atom stereocenters. The van der Waals surface area contributed by atoms with Crippen LogP contribution in [0.3, 0.4) is 0 Å². The Hall–Kier alpha value is 0.366. The maximum absolute atomic E-state index is 11.2. The van der Waals surface area contributed by atoms with Crippen LogP contribution in [-0.4, -0.2) is 19.1 Å². The number of benzene rings is 1. The SMILES string of the molecule is CCCCCCCCC1Nc2cccc(S(=O)(=O)[O-])c2N1.[K+]. The summed E-state index contributed by atoms with van der Waals surface area (Å²) < 4.78 is 33.7. The van der Waals surface area contributed by atoms with Gasteiger partial charge in [0.25, 0.3) is 0 Å². The molecule has 1 aliphatic heterocycles. The molecule has 0 saturated carbocycles. The summed E-state index contributed by atoms with van der Waals surface area (Å²) in [6.45, 7) is 2.20. The zero-order valence-electron chi connectivity index (χ0n) is 13.4. The smallest absolute Gasteiger partial charge is 0.744 e. The largest absolute Gasteiger partial charge is 1.00 e. The summed E-state index contributed by atoms with van der Waals surface area (Å²) >= 11 is 0. The van der Waals surface area contributed by atoms with Crippen molar-refractivity contribution in [2.75, 3.05) is 10.6 Å². The molecule has 0 radical (unpaired) electrons. The number of unbranched alkanes of at least 4 members (excludes halogenated alkanes) is 5. The molecule has 0 saturated heterocycles. The number of fused-ring (bicyclic) bond motifs is 1. The van der Waals surface area contributed by atoms with E-state index in [1.54, 1.807) is 12.1 Å². The predicted molar refractivity (Wildman–Crippen MR) is 83.4 cm³/mol. The molecule has 22 heavy (non-hydrogen) atoms. The van der Waals surface area contributed by atoms with Crippen LogP contribution in [0, 0.1) is 0 Å². The second-order valence-electron chi connectivity index (χ2n) is 5.53. The van der Waals surface area contributed by atoms with Gasteiger partial charge in [-0.05, 0) is 25.0 Å². The van der Waals surface area contributed by atoms with Crippen LogP contribution in [0.4, 0.5) is 11.4 Å². The van der Waals surface area contributed by atoms with E-state index in [-0.39, 0.29) is 62.4 Å². The number of para-hydroxylation sites is 1. The molecule has 1 aromatic carbocycles. The molecule has 2 N–H and O–H groups in total. The van der Waals surface area contributed by atoms with E-state index < -0.39 is 10.1 Å². The monoisotopic (exact) mass is 350 g/mol. The summed E-state index contributed by atoms with van der Waals surface area (Å²) in [4.78, 5) is -0.169. The van der Waals surface area contributed by atoms with E-state index in [4.69, 9.17) is 0 Å². The van der Waals surface area contributed by atoms with Crippen molar-refractivity contribution in [1.29, 1.82) is 0 Å². The van der Waals surface area contributed by atoms with Crippen LogP contribution >= 0.6 is 0 Å². The third-order valence-electron chi connectivity index (χ3n) is 3.79. The van der Waals surface area contributed by atoms with Crippen molar-refractivity contribution in [1.82, 2.24) is 0 Å². The van der Waals surface area contributed by atoms with Crippen molar-refractivity contribution in [3.8, 4) is 0 Å². The molecule has 0 spiro atoms. The standard InChI is InChI=1S/C15H24N2O3S.K/c1-2-3-4-5-6-7-11-14-16-12-9-8-10-13(15(12)17-14)21(18,19)20;/h8-10,14,16-17H,2-7,11H2,1H3,(H,18,19,20);/q;+1/p-1. The Labute approximate surface area is 175 Å². The van der Waals surface area contributed by atoms with Crippen LogP contribution in [-0.2, 0) is 10.1 Å². The molecule has 5 nitrogen and oxygen atoms in total. The van der Waals surface area contributed by atoms with E-state index >= 15 is 0 Å². The van der Waals surface area contributed by atoms with Gasteiger partial charge >= 0.3 is 51.4 Å². The molecular formula is C15H23KN2O3S. The van der Waals surface area contributed by atoms with Crippen LogP contribution in [0.15, 0.2) is 23.1 Å². The quantitative estimate of drug-likeness (QED) is 0.406. The Balaban J connectivity index is 0.00000242. The normalized spacial score (nSPS) is 16.4. The van der Waals surface area contributed by atoms with E-state index in [9.17, 15) is 13.0 Å². The molecule has 0 amide bonds. The van der Waals surface area contributed by atoms with E-state index in [0.29, 0.717) is 11.4 Å². The molecule has 0 fully saturated rings. The fraction of sp³-hybridized carbons (Fsp3) is 0.600. The minimum Gasteiger partial charge on any atom is -0.744 e. The summed E-state index contributed by atoms with van der Waals surface area (Å²) in [5.41, 5.74) is 1.12. The first-order valence-electron chi connectivity index (χ1n) is 7.64. The van der Waals surface area contributed by atoms with E-state index in [2.05, 4.69) is 17.6 Å². The van der Waals surface area contributed by atoms with Gasteiger partial charge in [0.05, 0.1) is 22.4 Å². The maximum atomic E-state index is 11.2. The second-order valence-corrected chi connectivity index (χ2v) is 6.88. The van der Waals surface area contributed by atoms with E-state index in [1.165, 1.54) is 38.2 Å². The summed E-state index contributed by atoms with van der Waals surface area (Å²) in [5, 5.41) is 6.36. The Bertz CT molecular complexity index is 578. The van der Waals surface area contributed by atoms with Gasteiger partial charge in [-0.2, -0.15) is 0 Å². The maximum Gasteiger partial charge on any atom is 1.00 e. The number of hydrogen-bond acceptors (Lipinski definition) is 5. The Morgan fingerprint density at radius 1 is 1.09 bits per heavy atom. The van der Waals surface area contributed by atoms with Gasteiger partial charge in [0, 0.05) is 0 Å². The third-order valence-corrected chi connectivity index (χ3v) is 4.67. The van der Waals surface area contributed by atoms with Crippen LogP contribution in [0.5, 0.6) is 0 Å². The van der Waals surface area contributed by atoms with Crippen LogP contribution in [0.25, 0.3) is 0 Å². The van der Waals surface area contributed by atoms with Gasteiger partial charge in [-0.15, -0.1) is 0 Å². The minimum atomic E-state index is -4.44. The van der Waals surface area contributed by atoms with Crippen molar-refractivity contribution in [2.24, 2.45) is 0 Å². The van der Waals surface area contributed by atoms with Crippen molar-refractivity contribution in [3.63, 3.8) is 0 Å². The molecule has 1 heterocycles. The summed E-state index contributed by atoms with van der Waals surface area (Å²) in [5.74, 6) is 0. The van der Waals surface area contributed by atoms with Crippen molar-refractivity contribution < 1.29 is 64.4 Å². The topological polar surface area (TPSA) is 81.3 Å². The number of hydrogen-bond donors (Lipinski definition) is 2. The Morgan fingerprint density at radius 3 is 2.45 bits per heavy atom. The predicted octanol–water partition coefficient (Wildman–Crippen LogP) is 0.509.